The van der Waals surface area contributed by atoms with Gasteiger partial charge in [-0.05, 0) is 72.2 Å². The number of furan rings is 1. The summed E-state index contributed by atoms with van der Waals surface area (Å²) in [5, 5.41) is 2.64. The van der Waals surface area contributed by atoms with E-state index in [9.17, 15) is 21.6 Å². The van der Waals surface area contributed by atoms with Crippen molar-refractivity contribution in [1.29, 1.82) is 0 Å². The molecule has 5 rings (SSSR count). The second kappa shape index (κ2) is 10.9. The van der Waals surface area contributed by atoms with Gasteiger partial charge in [0.05, 0.1) is 28.3 Å². The van der Waals surface area contributed by atoms with E-state index in [0.29, 0.717) is 35.7 Å². The van der Waals surface area contributed by atoms with Crippen LogP contribution >= 0.6 is 0 Å². The molecule has 0 bridgehead atoms. The molecule has 0 fully saturated rings. The van der Waals surface area contributed by atoms with Crippen LogP contribution in [0.5, 0.6) is 0 Å². The Morgan fingerprint density at radius 1 is 0.897 bits per heavy atom. The van der Waals surface area contributed by atoms with E-state index in [4.69, 9.17) is 4.42 Å². The van der Waals surface area contributed by atoms with Gasteiger partial charge in [0.25, 0.3) is 10.0 Å². The zero-order valence-electron chi connectivity index (χ0n) is 20.6. The molecular weight excluding hydrogens is 538 g/mol. The van der Waals surface area contributed by atoms with Crippen LogP contribution < -0.4 is 14.3 Å². The molecule has 4 aromatic rings. The summed E-state index contributed by atoms with van der Waals surface area (Å²) in [4.78, 5) is 12.6. The number of fused-ring (bicyclic) bond motifs is 1. The van der Waals surface area contributed by atoms with E-state index < -0.39 is 26.0 Å². The minimum atomic E-state index is -3.82. The topological polar surface area (TPSA) is 126 Å². The van der Waals surface area contributed by atoms with E-state index in [1.165, 1.54) is 47.0 Å². The first-order valence-corrected chi connectivity index (χ1v) is 15.0. The van der Waals surface area contributed by atoms with Crippen LogP contribution in [0.4, 0.5) is 11.4 Å². The zero-order chi connectivity index (χ0) is 27.5. The number of nitrogens with one attached hydrogen (secondary N) is 2. The van der Waals surface area contributed by atoms with Crippen molar-refractivity contribution in [3.8, 4) is 0 Å². The van der Waals surface area contributed by atoms with Crippen LogP contribution in [0.3, 0.4) is 0 Å². The van der Waals surface area contributed by atoms with Gasteiger partial charge in [-0.1, -0.05) is 36.4 Å². The lowest BCUT2D eigenvalue weighted by Gasteiger charge is -2.19. The quantitative estimate of drug-likeness (QED) is 0.295. The summed E-state index contributed by atoms with van der Waals surface area (Å²) in [6.45, 7) is 0.395. The Morgan fingerprint density at radius 2 is 1.69 bits per heavy atom. The van der Waals surface area contributed by atoms with Gasteiger partial charge < -0.3 is 9.73 Å². The van der Waals surface area contributed by atoms with Gasteiger partial charge in [0.1, 0.15) is 5.76 Å². The lowest BCUT2D eigenvalue weighted by molar-refractivity contribution is -0.111. The van der Waals surface area contributed by atoms with Crippen molar-refractivity contribution in [2.45, 2.75) is 22.8 Å². The van der Waals surface area contributed by atoms with Crippen molar-refractivity contribution in [2.24, 2.45) is 0 Å². The first-order chi connectivity index (χ1) is 18.7. The molecule has 0 atom stereocenters. The third-order valence-electron chi connectivity index (χ3n) is 6.17. The van der Waals surface area contributed by atoms with Crippen LogP contribution in [0.15, 0.2) is 111 Å². The highest BCUT2D eigenvalue weighted by atomic mass is 32.2. The molecule has 1 amide bonds. The van der Waals surface area contributed by atoms with E-state index in [0.717, 1.165) is 5.56 Å². The largest absolute Gasteiger partial charge is 0.468 e. The lowest BCUT2D eigenvalue weighted by Crippen LogP contribution is -2.29. The number of sulfonamides is 2. The first-order valence-electron chi connectivity index (χ1n) is 12.0. The molecule has 11 heteroatoms. The van der Waals surface area contributed by atoms with Crippen molar-refractivity contribution < 1.29 is 26.0 Å². The Labute approximate surface area is 226 Å². The number of carbonyl (C=O) groups excluding carboxylic acids is 1. The molecule has 2 heterocycles. The van der Waals surface area contributed by atoms with Crippen molar-refractivity contribution in [1.82, 2.24) is 4.72 Å². The van der Waals surface area contributed by atoms with Gasteiger partial charge in [-0.15, -0.1) is 0 Å². The molecule has 0 saturated heterocycles. The van der Waals surface area contributed by atoms with Gasteiger partial charge in [0.15, 0.2) is 0 Å². The second-order valence-corrected chi connectivity index (χ2v) is 12.4. The molecule has 0 unspecified atom stereocenters. The van der Waals surface area contributed by atoms with Crippen LogP contribution in [0.25, 0.3) is 6.08 Å². The summed E-state index contributed by atoms with van der Waals surface area (Å²) < 4.78 is 60.5. The summed E-state index contributed by atoms with van der Waals surface area (Å²) >= 11 is 0. The minimum absolute atomic E-state index is 0.0000717. The second-order valence-electron chi connectivity index (χ2n) is 8.78. The number of para-hydroxylation sites is 1. The molecule has 0 saturated carbocycles. The van der Waals surface area contributed by atoms with Crippen molar-refractivity contribution in [3.63, 3.8) is 0 Å². The molecular formula is C28H25N3O6S2. The molecule has 1 aliphatic heterocycles. The van der Waals surface area contributed by atoms with Gasteiger partial charge in [-0.25, -0.2) is 21.6 Å². The summed E-state index contributed by atoms with van der Waals surface area (Å²) in [6.07, 6.45) is 4.96. The standard InChI is InChI=1S/C28H25N3O6S2/c32-28(30-23-6-3-8-26(19-23)38(33,34)29-20-24-7-4-18-37-24)15-12-21-10-13-25(14-11-21)39(35,36)31-17-16-22-5-1-2-9-27(22)31/h1-15,18-19,29H,16-17,20H2,(H,30,32). The number of benzene rings is 3. The molecule has 0 aliphatic carbocycles. The van der Waals surface area contributed by atoms with Crippen LogP contribution in [0.2, 0.25) is 0 Å². The monoisotopic (exact) mass is 563 g/mol. The predicted octanol–water partition coefficient (Wildman–Crippen LogP) is 4.16. The summed E-state index contributed by atoms with van der Waals surface area (Å²) in [5.74, 6) is -0.00126. The number of carbonyl (C=O) groups is 1. The highest BCUT2D eigenvalue weighted by Crippen LogP contribution is 2.32. The fraction of sp³-hybridized carbons (Fsp3) is 0.107. The number of anilines is 2. The number of amides is 1. The maximum absolute atomic E-state index is 13.2. The average Bonchev–Trinajstić information content (AvgIpc) is 3.62. The van der Waals surface area contributed by atoms with Crippen molar-refractivity contribution in [3.05, 3.63) is 114 Å². The van der Waals surface area contributed by atoms with Gasteiger partial charge in [0, 0.05) is 18.3 Å². The molecule has 2 N–H and O–H groups in total. The zero-order valence-corrected chi connectivity index (χ0v) is 22.3. The van der Waals surface area contributed by atoms with Crippen molar-refractivity contribution in [2.75, 3.05) is 16.2 Å². The average molecular weight is 564 g/mol. The fourth-order valence-electron chi connectivity index (χ4n) is 4.20. The number of rotatable bonds is 9. The molecule has 9 nitrogen and oxygen atoms in total. The molecule has 1 aliphatic rings. The van der Waals surface area contributed by atoms with Gasteiger partial charge in [-0.2, -0.15) is 0 Å². The summed E-state index contributed by atoms with van der Waals surface area (Å²) in [6, 6.07) is 22.9. The van der Waals surface area contributed by atoms with E-state index in [1.807, 2.05) is 18.2 Å². The highest BCUT2D eigenvalue weighted by Gasteiger charge is 2.30. The van der Waals surface area contributed by atoms with Crippen LogP contribution in [0, 0.1) is 0 Å². The van der Waals surface area contributed by atoms with E-state index in [1.54, 1.807) is 42.5 Å². The fourth-order valence-corrected chi connectivity index (χ4v) is 6.74. The van der Waals surface area contributed by atoms with Crippen molar-refractivity contribution >= 4 is 43.4 Å². The lowest BCUT2D eigenvalue weighted by atomic mass is 10.2. The maximum Gasteiger partial charge on any atom is 0.264 e. The molecule has 1 aromatic heterocycles. The SMILES string of the molecule is O=C(C=Cc1ccc(S(=O)(=O)N2CCc3ccccc32)cc1)Nc1cccc(S(=O)(=O)NCc2ccco2)c1. The third kappa shape index (κ3) is 5.95. The Bertz CT molecular complexity index is 1730. The summed E-state index contributed by atoms with van der Waals surface area (Å²) in [7, 11) is -7.52. The Balaban J connectivity index is 1.22. The van der Waals surface area contributed by atoms with E-state index in [2.05, 4.69) is 10.0 Å². The first kappa shape index (κ1) is 26.4. The predicted molar refractivity (Wildman–Crippen MR) is 148 cm³/mol. The number of hydrogen-bond donors (Lipinski definition) is 2. The Hall–Kier alpha value is -4.19. The molecule has 0 spiro atoms. The van der Waals surface area contributed by atoms with Crippen LogP contribution in [-0.2, 0) is 37.8 Å². The third-order valence-corrected chi connectivity index (χ3v) is 9.39. The normalized spacial score (nSPS) is 13.5. The summed E-state index contributed by atoms with van der Waals surface area (Å²) in [5.41, 5.74) is 2.63. The number of hydrogen-bond acceptors (Lipinski definition) is 6. The Kier molecular flexibility index (Phi) is 7.38. The molecule has 200 valence electrons. The van der Waals surface area contributed by atoms with E-state index >= 15 is 0 Å². The minimum Gasteiger partial charge on any atom is -0.468 e. The van der Waals surface area contributed by atoms with Gasteiger partial charge >= 0.3 is 0 Å². The van der Waals surface area contributed by atoms with E-state index in [-0.39, 0.29) is 16.3 Å². The molecule has 3 aromatic carbocycles. The van der Waals surface area contributed by atoms with Crippen LogP contribution in [-0.4, -0.2) is 29.3 Å². The molecule has 0 radical (unpaired) electrons. The highest BCUT2D eigenvalue weighted by molar-refractivity contribution is 7.92. The molecule has 39 heavy (non-hydrogen) atoms. The van der Waals surface area contributed by atoms with Crippen LogP contribution in [0.1, 0.15) is 16.9 Å². The number of nitrogens with zero attached hydrogens (tertiary/aromatic N) is 1. The Morgan fingerprint density at radius 3 is 2.46 bits per heavy atom. The van der Waals surface area contributed by atoms with Gasteiger partial charge in [-0.3, -0.25) is 9.10 Å². The maximum atomic E-state index is 13.2. The van der Waals surface area contributed by atoms with Gasteiger partial charge in [0.2, 0.25) is 15.9 Å². The smallest absolute Gasteiger partial charge is 0.264 e.